The second kappa shape index (κ2) is 3.51. The molecule has 1 unspecified atom stereocenters. The zero-order valence-electron chi connectivity index (χ0n) is 8.64. The molecule has 2 rings (SSSR count). The molecule has 5 heteroatoms. The van der Waals surface area contributed by atoms with Gasteiger partial charge in [0.2, 0.25) is 0 Å². The smallest absolute Gasteiger partial charge is 0.330 e. The summed E-state index contributed by atoms with van der Waals surface area (Å²) in [5, 5.41) is 0. The summed E-state index contributed by atoms with van der Waals surface area (Å²) in [6.45, 7) is 0.511. The Morgan fingerprint density at radius 3 is 2.73 bits per heavy atom. The highest BCUT2D eigenvalue weighted by molar-refractivity contribution is 5.17. The van der Waals surface area contributed by atoms with E-state index in [9.17, 15) is 9.59 Å². The number of ether oxygens (including phenoxy) is 1. The molecule has 0 aliphatic carbocycles. The van der Waals surface area contributed by atoms with E-state index < -0.39 is 0 Å². The van der Waals surface area contributed by atoms with Crippen LogP contribution in [0.5, 0.6) is 0 Å². The Hall–Kier alpha value is -1.62. The van der Waals surface area contributed by atoms with Crippen molar-refractivity contribution < 1.29 is 4.74 Å². The zero-order valence-corrected chi connectivity index (χ0v) is 8.64. The number of hydrogen-bond acceptors (Lipinski definition) is 3. The first-order valence-corrected chi connectivity index (χ1v) is 4.66. The van der Waals surface area contributed by atoms with E-state index >= 15 is 0 Å². The molecule has 2 heterocycles. The maximum atomic E-state index is 11.8. The van der Waals surface area contributed by atoms with Crippen LogP contribution in [0.4, 0.5) is 0 Å². The Morgan fingerprint density at radius 1 is 1.40 bits per heavy atom. The third-order valence-electron chi connectivity index (χ3n) is 2.46. The molecule has 0 spiro atoms. The monoisotopic (exact) mass is 208 g/mol. The highest BCUT2D eigenvalue weighted by Crippen LogP contribution is 2.18. The van der Waals surface area contributed by atoms with Crippen LogP contribution in [0.2, 0.25) is 0 Å². The highest BCUT2D eigenvalue weighted by Gasteiger charge is 2.18. The standard InChI is InChI=1S/C10H12N2O3/c1-11-6-7(8-4-3-5-15-8)9(13)12(2)10(11)14/h3-4,6,8H,5H2,1-2H3. The average molecular weight is 208 g/mol. The first kappa shape index (κ1) is 9.92. The number of aryl methyl sites for hydroxylation is 1. The van der Waals surface area contributed by atoms with Gasteiger partial charge in [-0.25, -0.2) is 4.79 Å². The van der Waals surface area contributed by atoms with Crippen LogP contribution in [-0.2, 0) is 18.8 Å². The molecule has 1 atom stereocenters. The molecule has 80 valence electrons. The second-order valence-corrected chi connectivity index (χ2v) is 3.52. The average Bonchev–Trinajstić information content (AvgIpc) is 2.73. The molecule has 0 bridgehead atoms. The Bertz CT molecular complexity index is 524. The summed E-state index contributed by atoms with van der Waals surface area (Å²) in [5.41, 5.74) is -0.131. The summed E-state index contributed by atoms with van der Waals surface area (Å²) in [6.07, 6.45) is 4.89. The van der Waals surface area contributed by atoms with E-state index in [1.165, 1.54) is 17.8 Å². The molecule has 0 radical (unpaired) electrons. The van der Waals surface area contributed by atoms with Crippen LogP contribution in [0.3, 0.4) is 0 Å². The molecule has 1 aromatic heterocycles. The first-order chi connectivity index (χ1) is 7.11. The topological polar surface area (TPSA) is 53.2 Å². The quantitative estimate of drug-likeness (QED) is 0.596. The second-order valence-electron chi connectivity index (χ2n) is 3.52. The molecule has 0 saturated heterocycles. The molecule has 0 N–H and O–H groups in total. The molecule has 5 nitrogen and oxygen atoms in total. The van der Waals surface area contributed by atoms with Gasteiger partial charge in [-0.3, -0.25) is 9.36 Å². The maximum absolute atomic E-state index is 11.8. The van der Waals surface area contributed by atoms with Crippen molar-refractivity contribution in [2.75, 3.05) is 6.61 Å². The summed E-state index contributed by atoms with van der Waals surface area (Å²) in [6, 6.07) is 0. The Morgan fingerprint density at radius 2 is 2.13 bits per heavy atom. The van der Waals surface area contributed by atoms with Crippen molar-refractivity contribution in [1.82, 2.24) is 9.13 Å². The molecule has 0 amide bonds. The van der Waals surface area contributed by atoms with Crippen molar-refractivity contribution in [2.24, 2.45) is 14.1 Å². The predicted octanol–water partition coefficient (Wildman–Crippen LogP) is -0.289. The first-order valence-electron chi connectivity index (χ1n) is 4.66. The van der Waals surface area contributed by atoms with E-state index in [2.05, 4.69) is 0 Å². The molecule has 0 aromatic carbocycles. The molecular weight excluding hydrogens is 196 g/mol. The zero-order chi connectivity index (χ0) is 11.0. The van der Waals surface area contributed by atoms with Gasteiger partial charge >= 0.3 is 5.69 Å². The third kappa shape index (κ3) is 1.55. The van der Waals surface area contributed by atoms with E-state index in [0.717, 1.165) is 4.57 Å². The lowest BCUT2D eigenvalue weighted by Crippen LogP contribution is -2.39. The normalized spacial score (nSPS) is 19.7. The van der Waals surface area contributed by atoms with Crippen LogP contribution >= 0.6 is 0 Å². The fourth-order valence-corrected chi connectivity index (χ4v) is 1.62. The van der Waals surface area contributed by atoms with Crippen LogP contribution in [-0.4, -0.2) is 15.7 Å². The molecule has 1 aromatic rings. The summed E-state index contributed by atoms with van der Waals surface area (Å²) in [7, 11) is 3.08. The van der Waals surface area contributed by atoms with Crippen molar-refractivity contribution >= 4 is 0 Å². The third-order valence-corrected chi connectivity index (χ3v) is 2.46. The minimum absolute atomic E-state index is 0.297. The van der Waals surface area contributed by atoms with Gasteiger partial charge in [0.1, 0.15) is 6.10 Å². The lowest BCUT2D eigenvalue weighted by Gasteiger charge is -2.10. The number of hydrogen-bond donors (Lipinski definition) is 0. The van der Waals surface area contributed by atoms with Crippen LogP contribution < -0.4 is 11.2 Å². The van der Waals surface area contributed by atoms with Gasteiger partial charge in [0.05, 0.1) is 12.2 Å². The van der Waals surface area contributed by atoms with Gasteiger partial charge in [-0.2, -0.15) is 0 Å². The van der Waals surface area contributed by atoms with Crippen molar-refractivity contribution in [3.05, 3.63) is 44.8 Å². The summed E-state index contributed by atoms with van der Waals surface area (Å²) >= 11 is 0. The van der Waals surface area contributed by atoms with Gasteiger partial charge < -0.3 is 9.30 Å². The van der Waals surface area contributed by atoms with Crippen LogP contribution in [0, 0.1) is 0 Å². The molecule has 1 aliphatic rings. The molecule has 0 fully saturated rings. The highest BCUT2D eigenvalue weighted by atomic mass is 16.5. The van der Waals surface area contributed by atoms with Gasteiger partial charge in [0.25, 0.3) is 5.56 Å². The van der Waals surface area contributed by atoms with Gasteiger partial charge in [-0.1, -0.05) is 12.2 Å². The summed E-state index contributed by atoms with van der Waals surface area (Å²) in [5.74, 6) is 0. The predicted molar refractivity (Wildman–Crippen MR) is 54.8 cm³/mol. The van der Waals surface area contributed by atoms with Gasteiger partial charge in [-0.15, -0.1) is 0 Å². The molecule has 15 heavy (non-hydrogen) atoms. The van der Waals surface area contributed by atoms with E-state index in [4.69, 9.17) is 4.74 Å². The SMILES string of the molecule is Cn1cc(C2C=CCO2)c(=O)n(C)c1=O. The minimum Gasteiger partial charge on any atom is -0.365 e. The number of nitrogens with zero attached hydrogens (tertiary/aromatic N) is 2. The van der Waals surface area contributed by atoms with Crippen LogP contribution in [0.15, 0.2) is 27.9 Å². The molecule has 0 saturated carbocycles. The van der Waals surface area contributed by atoms with Crippen molar-refractivity contribution in [3.8, 4) is 0 Å². The number of rotatable bonds is 1. The van der Waals surface area contributed by atoms with Gasteiger partial charge in [0.15, 0.2) is 0 Å². The van der Waals surface area contributed by atoms with Gasteiger partial charge in [0, 0.05) is 20.3 Å². The fraction of sp³-hybridized carbons (Fsp3) is 0.400. The van der Waals surface area contributed by atoms with E-state index in [-0.39, 0.29) is 17.4 Å². The molecular formula is C10H12N2O3. The van der Waals surface area contributed by atoms with Crippen molar-refractivity contribution in [1.29, 1.82) is 0 Å². The van der Waals surface area contributed by atoms with Crippen LogP contribution in [0.25, 0.3) is 0 Å². The maximum Gasteiger partial charge on any atom is 0.330 e. The molecule has 1 aliphatic heterocycles. The Kier molecular flexibility index (Phi) is 2.32. The van der Waals surface area contributed by atoms with Crippen molar-refractivity contribution in [2.45, 2.75) is 6.10 Å². The Balaban J connectivity index is 2.63. The fourth-order valence-electron chi connectivity index (χ4n) is 1.62. The van der Waals surface area contributed by atoms with Gasteiger partial charge in [-0.05, 0) is 0 Å². The minimum atomic E-state index is -0.328. The van der Waals surface area contributed by atoms with E-state index in [1.807, 2.05) is 12.2 Å². The van der Waals surface area contributed by atoms with Crippen LogP contribution in [0.1, 0.15) is 11.7 Å². The summed E-state index contributed by atoms with van der Waals surface area (Å²) in [4.78, 5) is 23.2. The Labute approximate surface area is 86.2 Å². The lowest BCUT2D eigenvalue weighted by atomic mass is 10.2. The largest absolute Gasteiger partial charge is 0.365 e. The lowest BCUT2D eigenvalue weighted by molar-refractivity contribution is 0.127. The number of aromatic nitrogens is 2. The summed E-state index contributed by atoms with van der Waals surface area (Å²) < 4.78 is 7.80. The van der Waals surface area contributed by atoms with Crippen molar-refractivity contribution in [3.63, 3.8) is 0 Å². The van der Waals surface area contributed by atoms with E-state index in [0.29, 0.717) is 12.2 Å². The van der Waals surface area contributed by atoms with E-state index in [1.54, 1.807) is 7.05 Å².